The average Bonchev–Trinajstić information content (AvgIpc) is 2.18. The van der Waals surface area contributed by atoms with Crippen molar-refractivity contribution in [1.29, 1.82) is 0 Å². The largest absolute Gasteiger partial charge is 0.315 e. The number of amides is 1. The number of anilines is 1. The standard InChI is InChI=1S/C13H18N2O/c1-9-4-5-10(2)12(6-9)15(3)13(16)11-7-14-8-11/h4-6,11,14H,7-8H2,1-3H3. The molecule has 3 heteroatoms. The monoisotopic (exact) mass is 218 g/mol. The molecule has 0 atom stereocenters. The molecule has 0 saturated carbocycles. The fourth-order valence-electron chi connectivity index (χ4n) is 1.94. The number of aryl methyl sites for hydroxylation is 2. The SMILES string of the molecule is Cc1ccc(C)c(N(C)C(=O)C2CNC2)c1. The predicted molar refractivity (Wildman–Crippen MR) is 65.7 cm³/mol. The number of nitrogens with zero attached hydrogens (tertiary/aromatic N) is 1. The van der Waals surface area contributed by atoms with Gasteiger partial charge >= 0.3 is 0 Å². The van der Waals surface area contributed by atoms with Crippen LogP contribution in [0.15, 0.2) is 18.2 Å². The molecule has 0 bridgehead atoms. The van der Waals surface area contributed by atoms with Gasteiger partial charge in [0.05, 0.1) is 5.92 Å². The number of carbonyl (C=O) groups excluding carboxylic acids is 1. The summed E-state index contributed by atoms with van der Waals surface area (Å²) in [6.45, 7) is 5.71. The van der Waals surface area contributed by atoms with E-state index in [9.17, 15) is 4.79 Å². The second kappa shape index (κ2) is 4.26. The van der Waals surface area contributed by atoms with Gasteiger partial charge in [0.1, 0.15) is 0 Å². The van der Waals surface area contributed by atoms with E-state index < -0.39 is 0 Å². The third-order valence-corrected chi connectivity index (χ3v) is 3.19. The molecular weight excluding hydrogens is 200 g/mol. The molecular formula is C13H18N2O. The molecule has 1 heterocycles. The highest BCUT2D eigenvalue weighted by Crippen LogP contribution is 2.22. The van der Waals surface area contributed by atoms with E-state index in [1.807, 2.05) is 20.9 Å². The van der Waals surface area contributed by atoms with E-state index in [0.29, 0.717) is 0 Å². The van der Waals surface area contributed by atoms with Crippen LogP contribution in [0.3, 0.4) is 0 Å². The first-order chi connectivity index (χ1) is 7.59. The molecule has 1 fully saturated rings. The van der Waals surface area contributed by atoms with Gasteiger partial charge in [-0.1, -0.05) is 12.1 Å². The summed E-state index contributed by atoms with van der Waals surface area (Å²) in [6.07, 6.45) is 0. The van der Waals surface area contributed by atoms with Crippen LogP contribution in [0.1, 0.15) is 11.1 Å². The Balaban J connectivity index is 2.22. The molecule has 86 valence electrons. The number of benzene rings is 1. The van der Waals surface area contributed by atoms with E-state index in [4.69, 9.17) is 0 Å². The van der Waals surface area contributed by atoms with Crippen LogP contribution in [0.25, 0.3) is 0 Å². The van der Waals surface area contributed by atoms with Gasteiger partial charge in [-0.3, -0.25) is 4.79 Å². The lowest BCUT2D eigenvalue weighted by molar-refractivity contribution is -0.123. The highest BCUT2D eigenvalue weighted by molar-refractivity contribution is 5.96. The summed E-state index contributed by atoms with van der Waals surface area (Å²) < 4.78 is 0. The van der Waals surface area contributed by atoms with Gasteiger partial charge in [-0.25, -0.2) is 0 Å². The zero-order valence-corrected chi connectivity index (χ0v) is 10.1. The van der Waals surface area contributed by atoms with Gasteiger partial charge in [-0.2, -0.15) is 0 Å². The molecule has 1 amide bonds. The molecule has 1 aliphatic heterocycles. The third-order valence-electron chi connectivity index (χ3n) is 3.19. The highest BCUT2D eigenvalue weighted by atomic mass is 16.2. The van der Waals surface area contributed by atoms with E-state index in [1.54, 1.807) is 4.90 Å². The Bertz CT molecular complexity index is 410. The van der Waals surface area contributed by atoms with Crippen molar-refractivity contribution < 1.29 is 4.79 Å². The summed E-state index contributed by atoms with van der Waals surface area (Å²) in [5.41, 5.74) is 3.36. The maximum Gasteiger partial charge on any atom is 0.232 e. The molecule has 0 radical (unpaired) electrons. The molecule has 1 aromatic rings. The van der Waals surface area contributed by atoms with Crippen LogP contribution in [0.5, 0.6) is 0 Å². The van der Waals surface area contributed by atoms with Crippen LogP contribution in [-0.4, -0.2) is 26.0 Å². The number of carbonyl (C=O) groups is 1. The molecule has 3 nitrogen and oxygen atoms in total. The first-order valence-electron chi connectivity index (χ1n) is 5.65. The second-order valence-corrected chi connectivity index (χ2v) is 4.54. The Hall–Kier alpha value is -1.35. The Labute approximate surface area is 96.5 Å². The maximum absolute atomic E-state index is 12.1. The maximum atomic E-state index is 12.1. The Morgan fingerprint density at radius 2 is 2.06 bits per heavy atom. The zero-order valence-electron chi connectivity index (χ0n) is 10.1. The van der Waals surface area contributed by atoms with Gasteiger partial charge in [0.2, 0.25) is 5.91 Å². The van der Waals surface area contributed by atoms with Gasteiger partial charge < -0.3 is 10.2 Å². The molecule has 16 heavy (non-hydrogen) atoms. The second-order valence-electron chi connectivity index (χ2n) is 4.54. The molecule has 1 aliphatic rings. The number of rotatable bonds is 2. The van der Waals surface area contributed by atoms with Crippen molar-refractivity contribution in [1.82, 2.24) is 5.32 Å². The molecule has 0 spiro atoms. The summed E-state index contributed by atoms with van der Waals surface area (Å²) in [4.78, 5) is 13.9. The summed E-state index contributed by atoms with van der Waals surface area (Å²) in [5.74, 6) is 0.373. The smallest absolute Gasteiger partial charge is 0.232 e. The molecule has 0 aliphatic carbocycles. The van der Waals surface area contributed by atoms with Gasteiger partial charge in [0.15, 0.2) is 0 Å². The first kappa shape index (κ1) is 11.1. The predicted octanol–water partition coefficient (Wildman–Crippen LogP) is 1.49. The summed E-state index contributed by atoms with van der Waals surface area (Å²) in [5, 5.41) is 3.13. The summed E-state index contributed by atoms with van der Waals surface area (Å²) >= 11 is 0. The van der Waals surface area contributed by atoms with Crippen LogP contribution in [0.2, 0.25) is 0 Å². The van der Waals surface area contributed by atoms with Crippen molar-refractivity contribution in [3.63, 3.8) is 0 Å². The topological polar surface area (TPSA) is 32.3 Å². The molecule has 1 aromatic carbocycles. The fourth-order valence-corrected chi connectivity index (χ4v) is 1.94. The third kappa shape index (κ3) is 1.95. The molecule has 0 unspecified atom stereocenters. The zero-order chi connectivity index (χ0) is 11.7. The van der Waals surface area contributed by atoms with Crippen molar-refractivity contribution in [2.24, 2.45) is 5.92 Å². The summed E-state index contributed by atoms with van der Waals surface area (Å²) in [6, 6.07) is 6.20. The minimum Gasteiger partial charge on any atom is -0.315 e. The fraction of sp³-hybridized carbons (Fsp3) is 0.462. The lowest BCUT2D eigenvalue weighted by Gasteiger charge is -2.31. The number of hydrogen-bond acceptors (Lipinski definition) is 2. The molecule has 0 aromatic heterocycles. The Kier molecular flexibility index (Phi) is 2.97. The van der Waals surface area contributed by atoms with Crippen LogP contribution >= 0.6 is 0 Å². The molecule has 1 saturated heterocycles. The van der Waals surface area contributed by atoms with Gasteiger partial charge in [0, 0.05) is 25.8 Å². The summed E-state index contributed by atoms with van der Waals surface area (Å²) in [7, 11) is 1.86. The van der Waals surface area contributed by atoms with Crippen LogP contribution < -0.4 is 10.2 Å². The molecule has 1 N–H and O–H groups in total. The lowest BCUT2D eigenvalue weighted by atomic mass is 10.0. The minimum absolute atomic E-state index is 0.157. The van der Waals surface area contributed by atoms with E-state index >= 15 is 0 Å². The van der Waals surface area contributed by atoms with Gasteiger partial charge in [0.25, 0.3) is 0 Å². The number of nitrogens with one attached hydrogen (secondary N) is 1. The van der Waals surface area contributed by atoms with E-state index in [1.165, 1.54) is 5.56 Å². The van der Waals surface area contributed by atoms with Crippen molar-refractivity contribution >= 4 is 11.6 Å². The van der Waals surface area contributed by atoms with E-state index in [-0.39, 0.29) is 11.8 Å². The molecule has 2 rings (SSSR count). The van der Waals surface area contributed by atoms with Crippen LogP contribution in [0.4, 0.5) is 5.69 Å². The first-order valence-corrected chi connectivity index (χ1v) is 5.65. The van der Waals surface area contributed by atoms with Crippen molar-refractivity contribution in [2.45, 2.75) is 13.8 Å². The van der Waals surface area contributed by atoms with Crippen LogP contribution in [0, 0.1) is 19.8 Å². The van der Waals surface area contributed by atoms with Crippen molar-refractivity contribution in [2.75, 3.05) is 25.0 Å². The quantitative estimate of drug-likeness (QED) is 0.815. The van der Waals surface area contributed by atoms with Gasteiger partial charge in [-0.05, 0) is 31.0 Å². The van der Waals surface area contributed by atoms with E-state index in [2.05, 4.69) is 23.5 Å². The minimum atomic E-state index is 0.157. The Morgan fingerprint density at radius 3 is 2.62 bits per heavy atom. The average molecular weight is 218 g/mol. The van der Waals surface area contributed by atoms with Crippen molar-refractivity contribution in [3.05, 3.63) is 29.3 Å². The normalized spacial score (nSPS) is 15.7. The highest BCUT2D eigenvalue weighted by Gasteiger charge is 2.28. The van der Waals surface area contributed by atoms with Gasteiger partial charge in [-0.15, -0.1) is 0 Å². The number of hydrogen-bond donors (Lipinski definition) is 1. The van der Waals surface area contributed by atoms with E-state index in [0.717, 1.165) is 24.3 Å². The Morgan fingerprint density at radius 1 is 1.38 bits per heavy atom. The van der Waals surface area contributed by atoms with Crippen LogP contribution in [-0.2, 0) is 4.79 Å². The lowest BCUT2D eigenvalue weighted by Crippen LogP contribution is -2.51. The van der Waals surface area contributed by atoms with Crippen molar-refractivity contribution in [3.8, 4) is 0 Å².